The van der Waals surface area contributed by atoms with Gasteiger partial charge in [-0.05, 0) is 48.6 Å². The van der Waals surface area contributed by atoms with E-state index in [1.807, 2.05) is 0 Å². The molecule has 7 nitrogen and oxygen atoms in total. The lowest BCUT2D eigenvalue weighted by Crippen LogP contribution is -2.34. The van der Waals surface area contributed by atoms with Crippen molar-refractivity contribution in [1.82, 2.24) is 5.32 Å². The van der Waals surface area contributed by atoms with Crippen LogP contribution >= 0.6 is 23.8 Å². The predicted molar refractivity (Wildman–Crippen MR) is 119 cm³/mol. The van der Waals surface area contributed by atoms with Gasteiger partial charge in [0.15, 0.2) is 5.11 Å². The summed E-state index contributed by atoms with van der Waals surface area (Å²) in [7, 11) is 0. The Hall–Kier alpha value is -3.49. The minimum absolute atomic E-state index is 0.0221. The number of ether oxygens (including phenoxy) is 1. The van der Waals surface area contributed by atoms with Crippen LogP contribution in [0.25, 0.3) is 0 Å². The number of non-ortho nitro benzene ring substituents is 1. The Bertz CT molecular complexity index is 1090. The minimum Gasteiger partial charge on any atom is -0.489 e. The van der Waals surface area contributed by atoms with E-state index in [2.05, 4.69) is 10.6 Å². The molecule has 0 unspecified atom stereocenters. The van der Waals surface area contributed by atoms with Crippen LogP contribution in [0, 0.1) is 10.1 Å². The van der Waals surface area contributed by atoms with Crippen molar-refractivity contribution < 1.29 is 14.5 Å². The molecule has 0 aliphatic carbocycles. The first-order valence-electron chi connectivity index (χ1n) is 8.75. The summed E-state index contributed by atoms with van der Waals surface area (Å²) in [5.74, 6) is 0.200. The summed E-state index contributed by atoms with van der Waals surface area (Å²) < 4.78 is 5.72. The molecule has 3 rings (SSSR count). The molecular weight excluding hydrogens is 426 g/mol. The summed E-state index contributed by atoms with van der Waals surface area (Å²) >= 11 is 11.0. The topological polar surface area (TPSA) is 93.5 Å². The van der Waals surface area contributed by atoms with Crippen LogP contribution in [-0.2, 0) is 6.61 Å². The largest absolute Gasteiger partial charge is 0.489 e. The second-order valence-electron chi connectivity index (χ2n) is 6.12. The molecule has 0 spiro atoms. The molecule has 0 aliphatic heterocycles. The van der Waals surface area contributed by atoms with Gasteiger partial charge in [-0.15, -0.1) is 0 Å². The number of amides is 1. The molecule has 1 amide bonds. The highest BCUT2D eigenvalue weighted by molar-refractivity contribution is 7.80. The Morgan fingerprint density at radius 1 is 1.07 bits per heavy atom. The molecule has 3 aromatic carbocycles. The molecular formula is C21H16ClN3O4S. The van der Waals surface area contributed by atoms with Gasteiger partial charge in [-0.3, -0.25) is 20.2 Å². The van der Waals surface area contributed by atoms with Gasteiger partial charge in [-0.25, -0.2) is 0 Å². The molecule has 0 atom stereocenters. The molecule has 0 bridgehead atoms. The highest BCUT2D eigenvalue weighted by Gasteiger charge is 2.14. The lowest BCUT2D eigenvalue weighted by molar-refractivity contribution is -0.384. The number of anilines is 1. The number of halogens is 1. The molecule has 0 radical (unpaired) electrons. The molecule has 0 aromatic heterocycles. The van der Waals surface area contributed by atoms with Crippen molar-refractivity contribution in [1.29, 1.82) is 0 Å². The smallest absolute Gasteiger partial charge is 0.271 e. The summed E-state index contributed by atoms with van der Waals surface area (Å²) in [6.07, 6.45) is 0. The summed E-state index contributed by atoms with van der Waals surface area (Å²) in [4.78, 5) is 23.0. The number of hydrogen-bond donors (Lipinski definition) is 2. The standard InChI is InChI=1S/C21H16ClN3O4S/c22-15-8-10-18(11-9-15)29-13-14-4-1-2-7-19(14)20(26)24-21(30)23-16-5-3-6-17(12-16)25(27)28/h1-12H,13H2,(H2,23,24,26,30). The molecule has 0 saturated heterocycles. The van der Waals surface area contributed by atoms with Crippen LogP contribution in [0.4, 0.5) is 11.4 Å². The van der Waals surface area contributed by atoms with Gasteiger partial charge in [0.1, 0.15) is 12.4 Å². The molecule has 152 valence electrons. The fourth-order valence-corrected chi connectivity index (χ4v) is 2.93. The Kier molecular flexibility index (Phi) is 6.95. The lowest BCUT2D eigenvalue weighted by atomic mass is 10.1. The first-order chi connectivity index (χ1) is 14.4. The van der Waals surface area contributed by atoms with Crippen LogP contribution in [0.1, 0.15) is 15.9 Å². The Morgan fingerprint density at radius 2 is 1.80 bits per heavy atom. The molecule has 30 heavy (non-hydrogen) atoms. The molecule has 0 fully saturated rings. The van der Waals surface area contributed by atoms with Gasteiger partial charge in [0, 0.05) is 34.0 Å². The van der Waals surface area contributed by atoms with Gasteiger partial charge in [0.25, 0.3) is 11.6 Å². The van der Waals surface area contributed by atoms with Gasteiger partial charge in [0.2, 0.25) is 0 Å². The molecule has 0 saturated carbocycles. The second-order valence-corrected chi connectivity index (χ2v) is 6.96. The van der Waals surface area contributed by atoms with Crippen molar-refractivity contribution in [3.05, 3.63) is 99.1 Å². The van der Waals surface area contributed by atoms with Crippen molar-refractivity contribution in [2.24, 2.45) is 0 Å². The third-order valence-corrected chi connectivity index (χ3v) is 4.47. The number of nitrogens with zero attached hydrogens (tertiary/aromatic N) is 1. The highest BCUT2D eigenvalue weighted by Crippen LogP contribution is 2.19. The van der Waals surface area contributed by atoms with Crippen LogP contribution in [0.5, 0.6) is 5.75 Å². The van der Waals surface area contributed by atoms with Crippen molar-refractivity contribution in [2.75, 3.05) is 5.32 Å². The first kappa shape index (κ1) is 21.2. The summed E-state index contributed by atoms with van der Waals surface area (Å²) in [5, 5.41) is 16.9. The fraction of sp³-hybridized carbons (Fsp3) is 0.0476. The molecule has 0 heterocycles. The number of nitro groups is 1. The van der Waals surface area contributed by atoms with Crippen molar-refractivity contribution in [3.63, 3.8) is 0 Å². The maximum atomic E-state index is 12.7. The van der Waals surface area contributed by atoms with E-state index in [0.717, 1.165) is 0 Å². The second kappa shape index (κ2) is 9.82. The van der Waals surface area contributed by atoms with Crippen molar-refractivity contribution in [3.8, 4) is 5.75 Å². The number of rotatable bonds is 6. The maximum Gasteiger partial charge on any atom is 0.271 e. The van der Waals surface area contributed by atoms with E-state index >= 15 is 0 Å². The van der Waals surface area contributed by atoms with Crippen LogP contribution in [-0.4, -0.2) is 15.9 Å². The number of nitrogens with one attached hydrogen (secondary N) is 2. The molecule has 2 N–H and O–H groups in total. The quantitative estimate of drug-likeness (QED) is 0.319. The zero-order valence-electron chi connectivity index (χ0n) is 15.5. The molecule has 9 heteroatoms. The van der Waals surface area contributed by atoms with Crippen LogP contribution in [0.15, 0.2) is 72.8 Å². The van der Waals surface area contributed by atoms with Gasteiger partial charge in [0.05, 0.1) is 4.92 Å². The van der Waals surface area contributed by atoms with Crippen LogP contribution < -0.4 is 15.4 Å². The van der Waals surface area contributed by atoms with E-state index in [-0.39, 0.29) is 17.4 Å². The monoisotopic (exact) mass is 441 g/mol. The maximum absolute atomic E-state index is 12.7. The summed E-state index contributed by atoms with van der Waals surface area (Å²) in [6, 6.07) is 19.7. The number of benzene rings is 3. The Balaban J connectivity index is 1.65. The van der Waals surface area contributed by atoms with Gasteiger partial charge < -0.3 is 10.1 Å². The third-order valence-electron chi connectivity index (χ3n) is 4.01. The normalized spacial score (nSPS) is 10.2. The van der Waals surface area contributed by atoms with Gasteiger partial charge in [-0.1, -0.05) is 35.9 Å². The molecule has 3 aromatic rings. The van der Waals surface area contributed by atoms with E-state index in [9.17, 15) is 14.9 Å². The summed E-state index contributed by atoms with van der Waals surface area (Å²) in [5.41, 5.74) is 1.38. The van der Waals surface area contributed by atoms with E-state index in [0.29, 0.717) is 27.6 Å². The molecule has 0 aliphatic rings. The van der Waals surface area contributed by atoms with Crippen LogP contribution in [0.2, 0.25) is 5.02 Å². The minimum atomic E-state index is -0.510. The number of carbonyl (C=O) groups is 1. The van der Waals surface area contributed by atoms with Crippen LogP contribution in [0.3, 0.4) is 0 Å². The van der Waals surface area contributed by atoms with Gasteiger partial charge >= 0.3 is 0 Å². The SMILES string of the molecule is O=C(NC(=S)Nc1cccc([N+](=O)[O-])c1)c1ccccc1COc1ccc(Cl)cc1. The number of hydrogen-bond acceptors (Lipinski definition) is 5. The summed E-state index contributed by atoms with van der Waals surface area (Å²) in [6.45, 7) is 0.177. The zero-order chi connectivity index (χ0) is 21.5. The van der Waals surface area contributed by atoms with Crippen molar-refractivity contribution >= 4 is 46.2 Å². The Morgan fingerprint density at radius 3 is 2.53 bits per heavy atom. The lowest BCUT2D eigenvalue weighted by Gasteiger charge is -2.13. The average molecular weight is 442 g/mol. The van der Waals surface area contributed by atoms with Crippen molar-refractivity contribution in [2.45, 2.75) is 6.61 Å². The fourth-order valence-electron chi connectivity index (χ4n) is 2.59. The van der Waals surface area contributed by atoms with E-state index in [4.69, 9.17) is 28.6 Å². The van der Waals surface area contributed by atoms with Gasteiger partial charge in [-0.2, -0.15) is 0 Å². The van der Waals surface area contributed by atoms with E-state index in [1.165, 1.54) is 18.2 Å². The number of nitro benzene ring substituents is 1. The predicted octanol–water partition coefficient (Wildman–Crippen LogP) is 4.95. The third kappa shape index (κ3) is 5.76. The Labute approximate surface area is 182 Å². The zero-order valence-corrected chi connectivity index (χ0v) is 17.1. The van der Waals surface area contributed by atoms with E-state index < -0.39 is 10.8 Å². The number of thiocarbonyl (C=S) groups is 1. The number of carbonyl (C=O) groups excluding carboxylic acids is 1. The highest BCUT2D eigenvalue weighted by atomic mass is 35.5. The first-order valence-corrected chi connectivity index (χ1v) is 9.54. The average Bonchev–Trinajstić information content (AvgIpc) is 2.73. The van der Waals surface area contributed by atoms with E-state index in [1.54, 1.807) is 54.6 Å².